The second kappa shape index (κ2) is 5.90. The lowest BCUT2D eigenvalue weighted by Crippen LogP contribution is -2.12. The van der Waals surface area contributed by atoms with Gasteiger partial charge in [0.1, 0.15) is 5.75 Å². The Balaban J connectivity index is 2.15. The predicted octanol–water partition coefficient (Wildman–Crippen LogP) is 4.57. The van der Waals surface area contributed by atoms with Gasteiger partial charge in [0.05, 0.1) is 6.10 Å². The van der Waals surface area contributed by atoms with E-state index < -0.39 is 0 Å². The topological polar surface area (TPSA) is 9.23 Å². The molecule has 1 aliphatic rings. The molecule has 0 heterocycles. The van der Waals surface area contributed by atoms with E-state index in [1.165, 1.54) is 42.4 Å². The zero-order valence-electron chi connectivity index (χ0n) is 10.6. The van der Waals surface area contributed by atoms with Crippen LogP contribution in [0.2, 0.25) is 0 Å². The van der Waals surface area contributed by atoms with E-state index in [2.05, 4.69) is 48.3 Å². The third-order valence-electron chi connectivity index (χ3n) is 3.38. The summed E-state index contributed by atoms with van der Waals surface area (Å²) in [5.74, 6) is 1.10. The van der Waals surface area contributed by atoms with Gasteiger partial charge in [0, 0.05) is 11.8 Å². The van der Waals surface area contributed by atoms with E-state index in [0.29, 0.717) is 6.10 Å². The number of alkyl halides is 1. The summed E-state index contributed by atoms with van der Waals surface area (Å²) >= 11 is 3.44. The summed E-state index contributed by atoms with van der Waals surface area (Å²) in [5, 5.41) is 0.898. The van der Waals surface area contributed by atoms with E-state index in [-0.39, 0.29) is 0 Å². The van der Waals surface area contributed by atoms with Gasteiger partial charge in [0.15, 0.2) is 0 Å². The van der Waals surface area contributed by atoms with Crippen molar-refractivity contribution < 1.29 is 4.74 Å². The smallest absolute Gasteiger partial charge is 0.125 e. The number of aryl methyl sites for hydroxylation is 2. The SMILES string of the molecule is Cc1cc([CH]CBr)cc(C)c1OC1CCCC1. The maximum absolute atomic E-state index is 6.14. The van der Waals surface area contributed by atoms with E-state index in [1.807, 2.05) is 0 Å². The van der Waals surface area contributed by atoms with Crippen LogP contribution in [0.1, 0.15) is 42.4 Å². The fourth-order valence-corrected chi connectivity index (χ4v) is 2.92. The van der Waals surface area contributed by atoms with Crippen LogP contribution in [-0.2, 0) is 0 Å². The molecule has 1 fully saturated rings. The van der Waals surface area contributed by atoms with Crippen molar-refractivity contribution in [3.63, 3.8) is 0 Å². The van der Waals surface area contributed by atoms with Crippen molar-refractivity contribution in [1.29, 1.82) is 0 Å². The molecule has 0 unspecified atom stereocenters. The molecule has 1 aliphatic carbocycles. The third-order valence-corrected chi connectivity index (χ3v) is 3.71. The molecule has 0 N–H and O–H groups in total. The van der Waals surface area contributed by atoms with Crippen LogP contribution in [0.4, 0.5) is 0 Å². The Hall–Kier alpha value is -0.500. The molecule has 0 aromatic heterocycles. The van der Waals surface area contributed by atoms with Gasteiger partial charge in [-0.25, -0.2) is 0 Å². The minimum Gasteiger partial charge on any atom is -0.490 e. The fourth-order valence-electron chi connectivity index (χ4n) is 2.55. The van der Waals surface area contributed by atoms with Crippen LogP contribution in [0.25, 0.3) is 0 Å². The van der Waals surface area contributed by atoms with Crippen molar-refractivity contribution in [2.45, 2.75) is 45.6 Å². The first kappa shape index (κ1) is 12.9. The molecule has 0 spiro atoms. The van der Waals surface area contributed by atoms with Crippen LogP contribution < -0.4 is 4.74 Å². The Kier molecular flexibility index (Phi) is 4.49. The molecular formula is C15H20BrO. The summed E-state index contributed by atoms with van der Waals surface area (Å²) in [6.45, 7) is 4.28. The molecule has 1 saturated carbocycles. The van der Waals surface area contributed by atoms with Crippen molar-refractivity contribution in [3.05, 3.63) is 35.2 Å². The molecule has 1 radical (unpaired) electrons. The van der Waals surface area contributed by atoms with Crippen LogP contribution in [0.15, 0.2) is 12.1 Å². The average molecular weight is 296 g/mol. The zero-order chi connectivity index (χ0) is 12.3. The van der Waals surface area contributed by atoms with Gasteiger partial charge in [0.2, 0.25) is 0 Å². The van der Waals surface area contributed by atoms with E-state index in [1.54, 1.807) is 0 Å². The molecule has 17 heavy (non-hydrogen) atoms. The molecule has 2 heteroatoms. The van der Waals surface area contributed by atoms with Crippen molar-refractivity contribution in [3.8, 4) is 5.75 Å². The highest BCUT2D eigenvalue weighted by molar-refractivity contribution is 9.09. The lowest BCUT2D eigenvalue weighted by Gasteiger charge is -2.18. The molecule has 1 aromatic rings. The number of hydrogen-bond donors (Lipinski definition) is 0. The second-order valence-corrected chi connectivity index (χ2v) is 5.51. The fraction of sp³-hybridized carbons (Fsp3) is 0.533. The van der Waals surface area contributed by atoms with Crippen molar-refractivity contribution >= 4 is 15.9 Å². The monoisotopic (exact) mass is 295 g/mol. The molecule has 0 saturated heterocycles. The standard InChI is InChI=1S/C15H20BrO/c1-11-9-13(7-8-16)10-12(2)15(11)17-14-5-3-4-6-14/h7,9-10,14H,3-6,8H2,1-2H3. The van der Waals surface area contributed by atoms with E-state index in [9.17, 15) is 0 Å². The number of rotatable bonds is 4. The number of hydrogen-bond acceptors (Lipinski definition) is 1. The van der Waals surface area contributed by atoms with Crippen molar-refractivity contribution in [2.24, 2.45) is 0 Å². The largest absolute Gasteiger partial charge is 0.490 e. The minimum atomic E-state index is 0.443. The second-order valence-electron chi connectivity index (χ2n) is 4.87. The maximum Gasteiger partial charge on any atom is 0.125 e. The van der Waals surface area contributed by atoms with Gasteiger partial charge in [-0.1, -0.05) is 28.1 Å². The molecule has 0 atom stereocenters. The lowest BCUT2D eigenvalue weighted by atomic mass is 10.0. The Morgan fingerprint density at radius 2 is 1.82 bits per heavy atom. The number of halogens is 1. The highest BCUT2D eigenvalue weighted by Crippen LogP contribution is 2.30. The molecule has 1 nitrogen and oxygen atoms in total. The molecular weight excluding hydrogens is 276 g/mol. The van der Waals surface area contributed by atoms with Gasteiger partial charge in [-0.2, -0.15) is 0 Å². The van der Waals surface area contributed by atoms with Crippen LogP contribution >= 0.6 is 15.9 Å². The summed E-state index contributed by atoms with van der Waals surface area (Å²) < 4.78 is 6.14. The quantitative estimate of drug-likeness (QED) is 0.739. The molecule has 0 amide bonds. The molecule has 93 valence electrons. The summed E-state index contributed by atoms with van der Waals surface area (Å²) in [7, 11) is 0. The van der Waals surface area contributed by atoms with Gasteiger partial charge in [-0.3, -0.25) is 0 Å². The number of benzene rings is 1. The highest BCUT2D eigenvalue weighted by atomic mass is 79.9. The summed E-state index contributed by atoms with van der Waals surface area (Å²) in [4.78, 5) is 0. The predicted molar refractivity (Wildman–Crippen MR) is 76.0 cm³/mol. The summed E-state index contributed by atoms with van der Waals surface area (Å²) in [6.07, 6.45) is 7.69. The Bertz CT molecular complexity index is 358. The van der Waals surface area contributed by atoms with Gasteiger partial charge in [0.25, 0.3) is 0 Å². The summed E-state index contributed by atoms with van der Waals surface area (Å²) in [5.41, 5.74) is 3.78. The molecule has 0 aliphatic heterocycles. The normalized spacial score (nSPS) is 16.4. The van der Waals surface area contributed by atoms with Gasteiger partial charge < -0.3 is 4.74 Å². The number of ether oxygens (including phenoxy) is 1. The highest BCUT2D eigenvalue weighted by Gasteiger charge is 2.18. The Morgan fingerprint density at radius 3 is 2.35 bits per heavy atom. The molecule has 2 rings (SSSR count). The van der Waals surface area contributed by atoms with Crippen LogP contribution in [-0.4, -0.2) is 11.4 Å². The first-order valence-electron chi connectivity index (χ1n) is 6.38. The molecule has 1 aromatic carbocycles. The first-order valence-corrected chi connectivity index (χ1v) is 7.50. The average Bonchev–Trinajstić information content (AvgIpc) is 2.76. The van der Waals surface area contributed by atoms with Crippen LogP contribution in [0.5, 0.6) is 5.75 Å². The van der Waals surface area contributed by atoms with Gasteiger partial charge >= 0.3 is 0 Å². The van der Waals surface area contributed by atoms with Crippen LogP contribution in [0.3, 0.4) is 0 Å². The summed E-state index contributed by atoms with van der Waals surface area (Å²) in [6, 6.07) is 4.41. The van der Waals surface area contributed by atoms with Crippen molar-refractivity contribution in [2.75, 3.05) is 5.33 Å². The minimum absolute atomic E-state index is 0.443. The molecule has 0 bridgehead atoms. The lowest BCUT2D eigenvalue weighted by molar-refractivity contribution is 0.207. The first-order chi connectivity index (χ1) is 8.20. The maximum atomic E-state index is 6.14. The van der Waals surface area contributed by atoms with E-state index in [0.717, 1.165) is 11.1 Å². The Labute approximate surface area is 113 Å². The van der Waals surface area contributed by atoms with Crippen LogP contribution in [0, 0.1) is 20.3 Å². The van der Waals surface area contributed by atoms with E-state index >= 15 is 0 Å². The van der Waals surface area contributed by atoms with E-state index in [4.69, 9.17) is 4.74 Å². The van der Waals surface area contributed by atoms with Gasteiger partial charge in [-0.05, 0) is 56.2 Å². The van der Waals surface area contributed by atoms with Gasteiger partial charge in [-0.15, -0.1) is 0 Å². The van der Waals surface area contributed by atoms with Crippen molar-refractivity contribution in [1.82, 2.24) is 0 Å². The zero-order valence-corrected chi connectivity index (χ0v) is 12.2. The third kappa shape index (κ3) is 3.25. The Morgan fingerprint density at radius 1 is 1.24 bits per heavy atom.